The van der Waals surface area contributed by atoms with Crippen molar-refractivity contribution in [3.05, 3.63) is 28.2 Å². The number of aliphatic imine (C=N–C) groups is 1. The van der Waals surface area contributed by atoms with Gasteiger partial charge in [0.1, 0.15) is 0 Å². The second-order valence-electron chi connectivity index (χ2n) is 4.14. The van der Waals surface area contributed by atoms with Crippen LogP contribution in [0, 0.1) is 6.92 Å². The summed E-state index contributed by atoms with van der Waals surface area (Å²) >= 11 is 1.78. The number of aryl methyl sites for hydroxylation is 2. The predicted octanol–water partition coefficient (Wildman–Crippen LogP) is 2.30. The maximum absolute atomic E-state index is 4.63. The number of guanidine groups is 1. The molecule has 0 spiro atoms. The van der Waals surface area contributed by atoms with Crippen LogP contribution >= 0.6 is 11.3 Å². The van der Waals surface area contributed by atoms with E-state index in [0.29, 0.717) is 0 Å². The van der Waals surface area contributed by atoms with Gasteiger partial charge in [0.15, 0.2) is 5.96 Å². The third kappa shape index (κ3) is 5.42. The largest absolute Gasteiger partial charge is 0.357 e. The summed E-state index contributed by atoms with van der Waals surface area (Å²) in [6.45, 7) is 12.4. The van der Waals surface area contributed by atoms with Gasteiger partial charge in [-0.05, 0) is 20.3 Å². The molecule has 1 aromatic rings. The molecule has 0 amide bonds. The number of hydrogen-bond donors (Lipinski definition) is 2. The Morgan fingerprint density at radius 3 is 2.79 bits per heavy atom. The highest BCUT2D eigenvalue weighted by Crippen LogP contribution is 2.18. The van der Waals surface area contributed by atoms with Crippen LogP contribution in [0.4, 0.5) is 0 Å². The van der Waals surface area contributed by atoms with Crippen molar-refractivity contribution in [2.45, 2.75) is 33.6 Å². The molecule has 1 aromatic heterocycles. The molecular weight excluding hydrogens is 256 g/mol. The molecule has 0 saturated heterocycles. The summed E-state index contributed by atoms with van der Waals surface area (Å²) in [5, 5.41) is 7.57. The van der Waals surface area contributed by atoms with Gasteiger partial charge in [-0.1, -0.05) is 13.0 Å². The van der Waals surface area contributed by atoms with Crippen LogP contribution in [0.2, 0.25) is 0 Å². The highest BCUT2D eigenvalue weighted by atomic mass is 32.1. The molecule has 1 heterocycles. The molecule has 2 N–H and O–H groups in total. The van der Waals surface area contributed by atoms with Crippen LogP contribution in [0.5, 0.6) is 0 Å². The molecule has 0 bridgehead atoms. The van der Waals surface area contributed by atoms with Gasteiger partial charge >= 0.3 is 0 Å². The van der Waals surface area contributed by atoms with E-state index in [4.69, 9.17) is 0 Å². The lowest BCUT2D eigenvalue weighted by atomic mass is 10.3. The Balaban J connectivity index is 2.50. The fourth-order valence-corrected chi connectivity index (χ4v) is 2.71. The second-order valence-corrected chi connectivity index (χ2v) is 5.43. The minimum absolute atomic E-state index is 0.724. The van der Waals surface area contributed by atoms with Crippen LogP contribution in [-0.4, -0.2) is 30.6 Å². The smallest absolute Gasteiger partial charge is 0.191 e. The van der Waals surface area contributed by atoms with Crippen molar-refractivity contribution in [2.24, 2.45) is 4.99 Å². The zero-order chi connectivity index (χ0) is 14.1. The molecule has 0 atom stereocenters. The van der Waals surface area contributed by atoms with Crippen molar-refractivity contribution < 1.29 is 0 Å². The third-order valence-electron chi connectivity index (χ3n) is 2.63. The molecule has 0 aliphatic heterocycles. The number of hydrogen-bond acceptors (Lipinski definition) is 3. The number of nitrogens with one attached hydrogen (secondary N) is 2. The third-order valence-corrected chi connectivity index (χ3v) is 3.70. The molecule has 0 aliphatic carbocycles. The molecule has 4 nitrogen and oxygen atoms in total. The van der Waals surface area contributed by atoms with Gasteiger partial charge in [0, 0.05) is 30.9 Å². The van der Waals surface area contributed by atoms with Crippen molar-refractivity contribution in [2.75, 3.05) is 19.6 Å². The molecule has 0 saturated carbocycles. The number of rotatable bonds is 7. The molecule has 0 fully saturated rings. The van der Waals surface area contributed by atoms with Crippen LogP contribution < -0.4 is 10.6 Å². The summed E-state index contributed by atoms with van der Waals surface area (Å²) in [6.07, 6.45) is 3.73. The van der Waals surface area contributed by atoms with E-state index >= 15 is 0 Å². The Morgan fingerprint density at radius 2 is 2.21 bits per heavy atom. The van der Waals surface area contributed by atoms with Gasteiger partial charge < -0.3 is 10.6 Å². The lowest BCUT2D eigenvalue weighted by Gasteiger charge is -2.08. The minimum atomic E-state index is 0.724. The van der Waals surface area contributed by atoms with E-state index in [0.717, 1.165) is 38.4 Å². The molecule has 0 radical (unpaired) electrons. The second kappa shape index (κ2) is 8.69. The van der Waals surface area contributed by atoms with Gasteiger partial charge in [0.25, 0.3) is 0 Å². The Hall–Kier alpha value is -1.36. The maximum Gasteiger partial charge on any atom is 0.191 e. The Morgan fingerprint density at radius 1 is 1.42 bits per heavy atom. The molecule has 0 aromatic carbocycles. The summed E-state index contributed by atoms with van der Waals surface area (Å²) in [5.74, 6) is 0.839. The fourth-order valence-electron chi connectivity index (χ4n) is 1.70. The maximum atomic E-state index is 4.63. The van der Waals surface area contributed by atoms with E-state index in [-0.39, 0.29) is 0 Å². The van der Waals surface area contributed by atoms with E-state index in [1.54, 1.807) is 11.3 Å². The van der Waals surface area contributed by atoms with Crippen LogP contribution in [0.25, 0.3) is 0 Å². The van der Waals surface area contributed by atoms with E-state index in [2.05, 4.69) is 48.0 Å². The Bertz CT molecular complexity index is 423. The van der Waals surface area contributed by atoms with Gasteiger partial charge in [-0.25, -0.2) is 4.98 Å². The van der Waals surface area contributed by atoms with Crippen molar-refractivity contribution in [3.63, 3.8) is 0 Å². The molecule has 106 valence electrons. The van der Waals surface area contributed by atoms with Crippen LogP contribution in [-0.2, 0) is 12.8 Å². The standard InChI is InChI=1S/C14H24N4S/c1-5-9-16-14(15-7-3)17-10-8-13-18-12(6-2)11(4)19-13/h5H,1,6-10H2,2-4H3,(H2,15,16,17). The molecule has 1 rings (SSSR count). The highest BCUT2D eigenvalue weighted by molar-refractivity contribution is 7.11. The first kappa shape index (κ1) is 15.7. The molecule has 0 aliphatic rings. The first-order valence-corrected chi connectivity index (χ1v) is 7.61. The summed E-state index contributed by atoms with van der Waals surface area (Å²) < 4.78 is 0. The number of aromatic nitrogens is 1. The average Bonchev–Trinajstić information content (AvgIpc) is 2.76. The molecule has 19 heavy (non-hydrogen) atoms. The SMILES string of the molecule is C=CCNC(=NCCc1nc(CC)c(C)s1)NCC. The van der Waals surface area contributed by atoms with E-state index in [1.807, 2.05) is 6.08 Å². The highest BCUT2D eigenvalue weighted by Gasteiger charge is 2.05. The lowest BCUT2D eigenvalue weighted by molar-refractivity contribution is 0.847. The molecule has 5 heteroatoms. The summed E-state index contributed by atoms with van der Waals surface area (Å²) in [7, 11) is 0. The predicted molar refractivity (Wildman–Crippen MR) is 84.1 cm³/mol. The van der Waals surface area contributed by atoms with Crippen molar-refractivity contribution >= 4 is 17.3 Å². The van der Waals surface area contributed by atoms with Crippen LogP contribution in [0.3, 0.4) is 0 Å². The zero-order valence-corrected chi connectivity index (χ0v) is 12.9. The lowest BCUT2D eigenvalue weighted by Crippen LogP contribution is -2.37. The average molecular weight is 280 g/mol. The minimum Gasteiger partial charge on any atom is -0.357 e. The summed E-state index contributed by atoms with van der Waals surface area (Å²) in [4.78, 5) is 10.5. The van der Waals surface area contributed by atoms with E-state index in [9.17, 15) is 0 Å². The van der Waals surface area contributed by atoms with Crippen molar-refractivity contribution in [1.29, 1.82) is 0 Å². The quantitative estimate of drug-likeness (QED) is 0.458. The van der Waals surface area contributed by atoms with Gasteiger partial charge in [-0.2, -0.15) is 0 Å². The first-order valence-electron chi connectivity index (χ1n) is 6.79. The van der Waals surface area contributed by atoms with Gasteiger partial charge in [-0.15, -0.1) is 17.9 Å². The first-order chi connectivity index (χ1) is 9.21. The van der Waals surface area contributed by atoms with Gasteiger partial charge in [0.2, 0.25) is 0 Å². The van der Waals surface area contributed by atoms with Crippen LogP contribution in [0.15, 0.2) is 17.6 Å². The van der Waals surface area contributed by atoms with E-state index < -0.39 is 0 Å². The number of nitrogens with zero attached hydrogens (tertiary/aromatic N) is 2. The van der Waals surface area contributed by atoms with Crippen molar-refractivity contribution in [3.8, 4) is 0 Å². The molecular formula is C14H24N4S. The van der Waals surface area contributed by atoms with Crippen molar-refractivity contribution in [1.82, 2.24) is 15.6 Å². The van der Waals surface area contributed by atoms with Crippen LogP contribution in [0.1, 0.15) is 29.4 Å². The Kier molecular flexibility index (Phi) is 7.18. The number of thiazole rings is 1. The zero-order valence-electron chi connectivity index (χ0n) is 12.1. The molecule has 0 unspecified atom stereocenters. The van der Waals surface area contributed by atoms with Gasteiger partial charge in [-0.3, -0.25) is 4.99 Å². The Labute approximate surface area is 120 Å². The fraction of sp³-hybridized carbons (Fsp3) is 0.571. The van der Waals surface area contributed by atoms with Gasteiger partial charge in [0.05, 0.1) is 10.7 Å². The monoisotopic (exact) mass is 280 g/mol. The normalized spacial score (nSPS) is 11.4. The summed E-state index contributed by atoms with van der Waals surface area (Å²) in [5.41, 5.74) is 1.22. The van der Waals surface area contributed by atoms with E-state index in [1.165, 1.54) is 15.6 Å². The topological polar surface area (TPSA) is 49.3 Å². The summed E-state index contributed by atoms with van der Waals surface area (Å²) in [6, 6.07) is 0.